The zero-order valence-electron chi connectivity index (χ0n) is 27.8. The summed E-state index contributed by atoms with van der Waals surface area (Å²) in [6.45, 7) is 6.51. The van der Waals surface area contributed by atoms with E-state index in [4.69, 9.17) is 18.9 Å². The van der Waals surface area contributed by atoms with Gasteiger partial charge in [0, 0.05) is 25.4 Å². The molecule has 5 rings (SSSR count). The molecule has 0 spiro atoms. The lowest BCUT2D eigenvalue weighted by atomic mass is 10.1. The summed E-state index contributed by atoms with van der Waals surface area (Å²) in [6, 6.07) is 2.82. The van der Waals surface area contributed by atoms with Gasteiger partial charge in [-0.1, -0.05) is 25.0 Å². The second-order valence-electron chi connectivity index (χ2n) is 13.8. The minimum atomic E-state index is -1.35. The quantitative estimate of drug-likeness (QED) is 0.347. The molecule has 4 amide bonds. The van der Waals surface area contributed by atoms with Crippen molar-refractivity contribution in [3.8, 4) is 11.5 Å². The number of rotatable bonds is 3. The van der Waals surface area contributed by atoms with Crippen LogP contribution in [-0.2, 0) is 36.9 Å². The van der Waals surface area contributed by atoms with Gasteiger partial charge in [0.2, 0.25) is 11.8 Å². The fourth-order valence-electron chi connectivity index (χ4n) is 6.15. The largest absolute Gasteiger partial charge is 0.486 e. The van der Waals surface area contributed by atoms with E-state index in [0.29, 0.717) is 44.0 Å². The molecule has 14 heteroatoms. The fourth-order valence-corrected chi connectivity index (χ4v) is 6.15. The van der Waals surface area contributed by atoms with Crippen molar-refractivity contribution in [2.75, 3.05) is 19.8 Å². The van der Waals surface area contributed by atoms with Gasteiger partial charge in [-0.2, -0.15) is 0 Å². The number of hydrogen-bond donors (Lipinski definition) is 4. The van der Waals surface area contributed by atoms with Crippen LogP contribution < -0.4 is 25.4 Å². The van der Waals surface area contributed by atoms with Crippen LogP contribution in [0.2, 0.25) is 0 Å². The number of aliphatic carboxylic acids is 1. The number of carboxylic acids is 1. The first-order valence-corrected chi connectivity index (χ1v) is 16.7. The maximum absolute atomic E-state index is 13.4. The van der Waals surface area contributed by atoms with E-state index in [9.17, 15) is 29.1 Å². The van der Waals surface area contributed by atoms with Crippen molar-refractivity contribution in [2.24, 2.45) is 5.92 Å². The molecule has 4 atom stereocenters. The maximum Gasteiger partial charge on any atom is 0.410 e. The number of carbonyl (C=O) groups is 5. The highest BCUT2D eigenvalue weighted by Gasteiger charge is 2.60. The van der Waals surface area contributed by atoms with Crippen LogP contribution in [0.4, 0.5) is 9.59 Å². The third-order valence-corrected chi connectivity index (χ3v) is 8.81. The average molecular weight is 671 g/mol. The van der Waals surface area contributed by atoms with Crippen molar-refractivity contribution < 1.29 is 48.0 Å². The van der Waals surface area contributed by atoms with Crippen molar-refractivity contribution in [1.29, 1.82) is 0 Å². The number of carbonyl (C=O) groups excluding carboxylic acids is 4. The summed E-state index contributed by atoms with van der Waals surface area (Å²) >= 11 is 0. The van der Waals surface area contributed by atoms with Crippen molar-refractivity contribution in [3.63, 3.8) is 0 Å². The van der Waals surface area contributed by atoms with Gasteiger partial charge in [-0.05, 0) is 76.1 Å². The molecule has 262 valence electrons. The van der Waals surface area contributed by atoms with Crippen LogP contribution in [0.15, 0.2) is 24.3 Å². The zero-order chi connectivity index (χ0) is 34.5. The molecule has 48 heavy (non-hydrogen) atoms. The minimum Gasteiger partial charge on any atom is -0.486 e. The van der Waals surface area contributed by atoms with Gasteiger partial charge in [0.25, 0.3) is 0 Å². The summed E-state index contributed by atoms with van der Waals surface area (Å²) in [5.74, 6) is -1.14. The van der Waals surface area contributed by atoms with Crippen molar-refractivity contribution >= 4 is 30.0 Å². The van der Waals surface area contributed by atoms with Crippen LogP contribution in [-0.4, -0.2) is 83.0 Å². The van der Waals surface area contributed by atoms with E-state index in [1.165, 1.54) is 4.90 Å². The first-order chi connectivity index (χ1) is 22.8. The number of hydrogen-bond acceptors (Lipinski definition) is 9. The van der Waals surface area contributed by atoms with Crippen LogP contribution in [0.1, 0.15) is 83.3 Å². The standard InChI is InChI=1S/C34H46N4O10/c1-33(2,3)48-31(43)36-25-10-8-6-4-5-7-9-23-17-34(23,30(41)42)37-28(39)12-11-24(18-35-29(25)40)47-32(44)38-19-21-15-26-27(16-22(21)20-38)46-14-13-45-26/h7,9,15-16,23-25H,4-6,8,10-14,17-20H2,1-3H3,(H,35,40)(H,36,43)(H,37,39)(H,41,42)/b9-7-/t23-,24-,25+,34-/m1/s1. The molecule has 0 bridgehead atoms. The number of amides is 4. The van der Waals surface area contributed by atoms with E-state index in [1.54, 1.807) is 20.8 Å². The van der Waals surface area contributed by atoms with Crippen molar-refractivity contribution in [1.82, 2.24) is 20.9 Å². The number of nitrogens with zero attached hydrogens (tertiary/aromatic N) is 1. The van der Waals surface area contributed by atoms with Gasteiger partial charge in [0.05, 0.1) is 6.54 Å². The molecular formula is C34H46N4O10. The predicted molar refractivity (Wildman–Crippen MR) is 171 cm³/mol. The van der Waals surface area contributed by atoms with Crippen molar-refractivity contribution in [3.05, 3.63) is 35.4 Å². The summed E-state index contributed by atoms with van der Waals surface area (Å²) in [5, 5.41) is 18.0. The highest BCUT2D eigenvalue weighted by atomic mass is 16.6. The number of fused-ring (bicyclic) bond motifs is 3. The zero-order valence-corrected chi connectivity index (χ0v) is 27.8. The number of nitrogens with one attached hydrogen (secondary N) is 3. The molecule has 3 heterocycles. The Morgan fingerprint density at radius 2 is 1.71 bits per heavy atom. The summed E-state index contributed by atoms with van der Waals surface area (Å²) in [7, 11) is 0. The molecule has 1 aromatic rings. The Bertz CT molecular complexity index is 1400. The van der Waals surface area contributed by atoms with E-state index in [-0.39, 0.29) is 38.4 Å². The molecule has 1 saturated carbocycles. The monoisotopic (exact) mass is 670 g/mol. The van der Waals surface area contributed by atoms with Crippen LogP contribution in [0.3, 0.4) is 0 Å². The van der Waals surface area contributed by atoms with Gasteiger partial charge in [-0.25, -0.2) is 14.4 Å². The molecule has 0 radical (unpaired) electrons. The van der Waals surface area contributed by atoms with E-state index in [0.717, 1.165) is 30.4 Å². The third-order valence-electron chi connectivity index (χ3n) is 8.81. The van der Waals surface area contributed by atoms with Crippen LogP contribution >= 0.6 is 0 Å². The summed E-state index contributed by atoms with van der Waals surface area (Å²) in [6.07, 6.45) is 4.97. The topological polar surface area (TPSA) is 182 Å². The van der Waals surface area contributed by atoms with Gasteiger partial charge in [-0.15, -0.1) is 0 Å². The van der Waals surface area contributed by atoms with Gasteiger partial charge in [0.1, 0.15) is 36.5 Å². The molecule has 1 fully saturated rings. The Kier molecular flexibility index (Phi) is 10.7. The fraction of sp³-hybridized carbons (Fsp3) is 0.618. The lowest BCUT2D eigenvalue weighted by molar-refractivity contribution is -0.143. The summed E-state index contributed by atoms with van der Waals surface area (Å²) in [4.78, 5) is 66.0. The Hall–Kier alpha value is -4.49. The van der Waals surface area contributed by atoms with E-state index in [1.807, 2.05) is 24.3 Å². The number of ether oxygens (including phenoxy) is 4. The molecule has 1 aliphatic carbocycles. The van der Waals surface area contributed by atoms with E-state index in [2.05, 4.69) is 16.0 Å². The van der Waals surface area contributed by atoms with Crippen LogP contribution in [0.25, 0.3) is 0 Å². The second kappa shape index (κ2) is 14.7. The first-order valence-electron chi connectivity index (χ1n) is 16.7. The molecule has 4 aliphatic rings. The lowest BCUT2D eigenvalue weighted by Gasteiger charge is -2.25. The van der Waals surface area contributed by atoms with Crippen LogP contribution in [0, 0.1) is 5.92 Å². The van der Waals surface area contributed by atoms with Gasteiger partial charge in [-0.3, -0.25) is 14.5 Å². The van der Waals surface area contributed by atoms with E-state index < -0.39 is 53.3 Å². The SMILES string of the molecule is CC(C)(C)OC(=O)N[C@H]1CCCCC/C=C\[C@@H]2C[C@@]2(C(=O)O)NC(=O)CC[C@@H](OC(=O)N2Cc3cc4c(cc3C2)OCCO4)CNC1=O. The third kappa shape index (κ3) is 8.90. The second-order valence-corrected chi connectivity index (χ2v) is 13.8. The molecule has 0 saturated heterocycles. The van der Waals surface area contributed by atoms with Crippen LogP contribution in [0.5, 0.6) is 11.5 Å². The number of allylic oxidation sites excluding steroid dienone is 1. The smallest absolute Gasteiger partial charge is 0.410 e. The molecule has 3 aliphatic heterocycles. The molecule has 1 aromatic carbocycles. The predicted octanol–water partition coefficient (Wildman–Crippen LogP) is 3.55. The molecule has 4 N–H and O–H groups in total. The highest BCUT2D eigenvalue weighted by molar-refractivity contribution is 5.91. The summed E-state index contributed by atoms with van der Waals surface area (Å²) in [5.41, 5.74) is -0.307. The summed E-state index contributed by atoms with van der Waals surface area (Å²) < 4.78 is 22.6. The van der Waals surface area contributed by atoms with E-state index >= 15 is 0 Å². The first kappa shape index (κ1) is 34.8. The lowest BCUT2D eigenvalue weighted by Crippen LogP contribution is -2.50. The molecule has 14 nitrogen and oxygen atoms in total. The molecule has 0 aromatic heterocycles. The average Bonchev–Trinajstić information content (AvgIpc) is 3.56. The minimum absolute atomic E-state index is 0.0228. The Labute approximate surface area is 279 Å². The number of alkyl carbamates (subject to hydrolysis) is 1. The van der Waals surface area contributed by atoms with Gasteiger partial charge in [0.15, 0.2) is 11.5 Å². The normalized spacial score (nSPS) is 27.1. The molecule has 0 unspecified atom stereocenters. The Morgan fingerprint density at radius 1 is 1.02 bits per heavy atom. The van der Waals surface area contributed by atoms with Gasteiger partial charge >= 0.3 is 18.2 Å². The number of carboxylic acid groups (broad SMARTS) is 1. The maximum atomic E-state index is 13.4. The number of benzene rings is 1. The van der Waals surface area contributed by atoms with Gasteiger partial charge < -0.3 is 40.0 Å². The Balaban J connectivity index is 1.28. The Morgan fingerprint density at radius 3 is 2.35 bits per heavy atom. The molecular weight excluding hydrogens is 624 g/mol. The van der Waals surface area contributed by atoms with Crippen molar-refractivity contribution in [2.45, 2.75) is 109 Å². The highest BCUT2D eigenvalue weighted by Crippen LogP contribution is 2.45.